The first kappa shape index (κ1) is 16.8. The Morgan fingerprint density at radius 3 is 2.67 bits per heavy atom. The molecule has 0 saturated carbocycles. The molecule has 0 spiro atoms. The maximum absolute atomic E-state index is 5.37. The number of aromatic nitrogens is 5. The molecule has 4 aromatic rings. The molecule has 1 aromatic carbocycles. The minimum atomic E-state index is 0.427. The van der Waals surface area contributed by atoms with Crippen molar-refractivity contribution in [2.24, 2.45) is 0 Å². The molecule has 0 aliphatic carbocycles. The number of pyridine rings is 1. The van der Waals surface area contributed by atoms with Crippen LogP contribution in [0, 0.1) is 0 Å². The van der Waals surface area contributed by atoms with Gasteiger partial charge in [0.15, 0.2) is 0 Å². The zero-order valence-electron chi connectivity index (χ0n) is 14.7. The third-order valence-corrected chi connectivity index (χ3v) is 3.99. The summed E-state index contributed by atoms with van der Waals surface area (Å²) in [4.78, 5) is 8.83. The zero-order chi connectivity index (χ0) is 18.5. The summed E-state index contributed by atoms with van der Waals surface area (Å²) >= 11 is 0. The molecule has 0 bridgehead atoms. The molecule has 0 radical (unpaired) electrons. The fraction of sp³-hybridized carbons (Fsp3) is 0.158. The van der Waals surface area contributed by atoms with Crippen molar-refractivity contribution in [1.29, 1.82) is 0 Å². The molecule has 0 aliphatic heterocycles. The van der Waals surface area contributed by atoms with E-state index >= 15 is 0 Å². The summed E-state index contributed by atoms with van der Waals surface area (Å²) in [7, 11) is 1.63. The Kier molecular flexibility index (Phi) is 4.78. The monoisotopic (exact) mass is 362 g/mol. The van der Waals surface area contributed by atoms with Crippen molar-refractivity contribution in [3.63, 3.8) is 0 Å². The Morgan fingerprint density at radius 2 is 1.96 bits per heavy atom. The highest BCUT2D eigenvalue weighted by molar-refractivity contribution is 5.60. The molecule has 8 heteroatoms. The zero-order valence-corrected chi connectivity index (χ0v) is 14.7. The normalized spacial score (nSPS) is 10.7. The van der Waals surface area contributed by atoms with E-state index in [9.17, 15) is 0 Å². The fourth-order valence-corrected chi connectivity index (χ4v) is 2.55. The Bertz CT molecular complexity index is 978. The lowest BCUT2D eigenvalue weighted by Crippen LogP contribution is -2.11. The highest BCUT2D eigenvalue weighted by atomic mass is 16.5. The largest absolute Gasteiger partial charge is 0.497 e. The average Bonchev–Trinajstić information content (AvgIpc) is 3.41. The van der Waals surface area contributed by atoms with Gasteiger partial charge in [-0.1, -0.05) is 5.16 Å². The van der Waals surface area contributed by atoms with Crippen LogP contribution >= 0.6 is 0 Å². The van der Waals surface area contributed by atoms with Crippen LogP contribution in [0.5, 0.6) is 5.75 Å². The minimum absolute atomic E-state index is 0.427. The highest BCUT2D eigenvalue weighted by Gasteiger charge is 2.11. The summed E-state index contributed by atoms with van der Waals surface area (Å²) in [5.74, 6) is 2.51. The molecule has 0 amide bonds. The van der Waals surface area contributed by atoms with E-state index in [0.29, 0.717) is 11.7 Å². The predicted molar refractivity (Wildman–Crippen MR) is 100 cm³/mol. The van der Waals surface area contributed by atoms with Crippen molar-refractivity contribution in [3.8, 4) is 28.6 Å². The van der Waals surface area contributed by atoms with Crippen LogP contribution in [0.1, 0.15) is 0 Å². The molecule has 0 saturated heterocycles. The maximum atomic E-state index is 5.37. The Balaban J connectivity index is 1.40. The smallest absolute Gasteiger partial charge is 0.259 e. The molecule has 0 atom stereocenters. The van der Waals surface area contributed by atoms with Crippen LogP contribution in [0.3, 0.4) is 0 Å². The van der Waals surface area contributed by atoms with Gasteiger partial charge in [0, 0.05) is 30.7 Å². The van der Waals surface area contributed by atoms with Gasteiger partial charge in [0.25, 0.3) is 5.89 Å². The highest BCUT2D eigenvalue weighted by Crippen LogP contribution is 2.24. The van der Waals surface area contributed by atoms with Gasteiger partial charge in [-0.25, -0.2) is 4.98 Å². The molecule has 0 unspecified atom stereocenters. The first-order valence-electron chi connectivity index (χ1n) is 8.48. The molecular formula is C19H18N6O2. The fourth-order valence-electron chi connectivity index (χ4n) is 2.55. The number of hydrogen-bond acceptors (Lipinski definition) is 7. The number of anilines is 1. The number of nitrogens with zero attached hydrogens (tertiary/aromatic N) is 5. The van der Waals surface area contributed by atoms with Gasteiger partial charge < -0.3 is 14.6 Å². The summed E-state index contributed by atoms with van der Waals surface area (Å²) < 4.78 is 12.4. The van der Waals surface area contributed by atoms with Crippen LogP contribution in [-0.4, -0.2) is 38.6 Å². The van der Waals surface area contributed by atoms with Gasteiger partial charge in [-0.3, -0.25) is 4.68 Å². The lowest BCUT2D eigenvalue weighted by atomic mass is 10.2. The Labute approximate surface area is 155 Å². The molecule has 0 fully saturated rings. The van der Waals surface area contributed by atoms with E-state index in [0.717, 1.165) is 35.8 Å². The number of rotatable bonds is 7. The second-order valence-electron chi connectivity index (χ2n) is 5.78. The van der Waals surface area contributed by atoms with Crippen molar-refractivity contribution in [2.45, 2.75) is 6.54 Å². The third kappa shape index (κ3) is 3.95. The van der Waals surface area contributed by atoms with Gasteiger partial charge >= 0.3 is 0 Å². The van der Waals surface area contributed by atoms with Gasteiger partial charge in [0.05, 0.1) is 19.2 Å². The van der Waals surface area contributed by atoms with Gasteiger partial charge in [-0.05, 0) is 42.5 Å². The van der Waals surface area contributed by atoms with Crippen LogP contribution in [-0.2, 0) is 6.54 Å². The van der Waals surface area contributed by atoms with Crippen molar-refractivity contribution < 1.29 is 9.26 Å². The van der Waals surface area contributed by atoms with Gasteiger partial charge in [0.1, 0.15) is 11.6 Å². The Hall–Kier alpha value is -3.68. The molecule has 8 nitrogen and oxygen atoms in total. The number of hydrogen-bond donors (Lipinski definition) is 1. The number of benzene rings is 1. The Morgan fingerprint density at radius 1 is 1.11 bits per heavy atom. The second-order valence-corrected chi connectivity index (χ2v) is 5.78. The molecule has 1 N–H and O–H groups in total. The van der Waals surface area contributed by atoms with Crippen LogP contribution in [0.25, 0.3) is 22.8 Å². The van der Waals surface area contributed by atoms with E-state index in [2.05, 4.69) is 25.5 Å². The minimum Gasteiger partial charge on any atom is -0.497 e. The first-order valence-corrected chi connectivity index (χ1v) is 8.48. The summed E-state index contributed by atoms with van der Waals surface area (Å²) in [5.41, 5.74) is 1.62. The van der Waals surface area contributed by atoms with E-state index in [1.807, 2.05) is 53.3 Å². The van der Waals surface area contributed by atoms with Crippen LogP contribution in [0.2, 0.25) is 0 Å². The van der Waals surface area contributed by atoms with Gasteiger partial charge in [0.2, 0.25) is 5.82 Å². The van der Waals surface area contributed by atoms with E-state index in [1.165, 1.54) is 0 Å². The number of nitrogens with one attached hydrogen (secondary N) is 1. The standard InChI is InChI=1S/C19H18N6O2/c1-26-16-6-3-14(4-7-16)18-23-19(27-24-18)15-5-8-17(21-13-15)20-10-12-25-11-2-9-22-25/h2-9,11,13H,10,12H2,1H3,(H,20,21). The van der Waals surface area contributed by atoms with E-state index < -0.39 is 0 Å². The average molecular weight is 362 g/mol. The molecule has 3 heterocycles. The molecule has 3 aromatic heterocycles. The number of ether oxygens (including phenoxy) is 1. The number of methoxy groups -OCH3 is 1. The lowest BCUT2D eigenvalue weighted by Gasteiger charge is -2.05. The molecule has 136 valence electrons. The third-order valence-electron chi connectivity index (χ3n) is 3.99. The van der Waals surface area contributed by atoms with E-state index in [-0.39, 0.29) is 0 Å². The second kappa shape index (κ2) is 7.69. The lowest BCUT2D eigenvalue weighted by molar-refractivity contribution is 0.415. The summed E-state index contributed by atoms with van der Waals surface area (Å²) in [6.45, 7) is 1.50. The molecule has 4 rings (SSSR count). The van der Waals surface area contributed by atoms with E-state index in [1.54, 1.807) is 19.5 Å². The SMILES string of the molecule is COc1ccc(-c2noc(-c3ccc(NCCn4cccn4)nc3)n2)cc1. The summed E-state index contributed by atoms with van der Waals surface area (Å²) in [5, 5.41) is 11.5. The topological polar surface area (TPSA) is 90.9 Å². The van der Waals surface area contributed by atoms with Crippen molar-refractivity contribution >= 4 is 5.82 Å². The molecule has 27 heavy (non-hydrogen) atoms. The summed E-state index contributed by atoms with van der Waals surface area (Å²) in [6.07, 6.45) is 5.40. The molecular weight excluding hydrogens is 344 g/mol. The van der Waals surface area contributed by atoms with E-state index in [4.69, 9.17) is 9.26 Å². The predicted octanol–water partition coefficient (Wildman–Crippen LogP) is 3.12. The van der Waals surface area contributed by atoms with Crippen molar-refractivity contribution in [2.75, 3.05) is 19.0 Å². The first-order chi connectivity index (χ1) is 13.3. The van der Waals surface area contributed by atoms with Crippen molar-refractivity contribution in [1.82, 2.24) is 24.9 Å². The van der Waals surface area contributed by atoms with Crippen molar-refractivity contribution in [3.05, 3.63) is 61.1 Å². The van der Waals surface area contributed by atoms with Crippen LogP contribution in [0.4, 0.5) is 5.82 Å². The van der Waals surface area contributed by atoms with Gasteiger partial charge in [-0.2, -0.15) is 10.1 Å². The summed E-state index contributed by atoms with van der Waals surface area (Å²) in [6, 6.07) is 13.2. The van der Waals surface area contributed by atoms with Crippen LogP contribution in [0.15, 0.2) is 65.6 Å². The van der Waals surface area contributed by atoms with Gasteiger partial charge in [-0.15, -0.1) is 0 Å². The molecule has 0 aliphatic rings. The maximum Gasteiger partial charge on any atom is 0.259 e. The quantitative estimate of drug-likeness (QED) is 0.540. The van der Waals surface area contributed by atoms with Crippen LogP contribution < -0.4 is 10.1 Å².